The lowest BCUT2D eigenvalue weighted by Gasteiger charge is -2.31. The van der Waals surface area contributed by atoms with Crippen LogP contribution in [0.15, 0.2) is 42.6 Å². The van der Waals surface area contributed by atoms with Gasteiger partial charge in [-0.1, -0.05) is 19.1 Å². The number of likely N-dealkylation sites (tertiary alicyclic amines) is 1. The van der Waals surface area contributed by atoms with E-state index in [0.717, 1.165) is 0 Å². The lowest BCUT2D eigenvalue weighted by atomic mass is 9.97. The number of halogens is 6. The van der Waals surface area contributed by atoms with Gasteiger partial charge in [0.25, 0.3) is 0 Å². The molecule has 1 fully saturated rings. The average Bonchev–Trinajstić information content (AvgIpc) is 3.43. The monoisotopic (exact) mass is 574 g/mol. The zero-order chi connectivity index (χ0) is 25.7. The summed E-state index contributed by atoms with van der Waals surface area (Å²) in [5.74, 6) is -0.147. The van der Waals surface area contributed by atoms with Crippen molar-refractivity contribution in [1.82, 2.24) is 24.5 Å². The number of hydrogen-bond donors (Lipinski definition) is 1. The summed E-state index contributed by atoms with van der Waals surface area (Å²) in [5.41, 5.74) is 6.96. The molecule has 4 aromatic rings. The topological polar surface area (TPSA) is 81.6 Å². The quantitative estimate of drug-likeness (QED) is 0.296. The third-order valence-electron chi connectivity index (χ3n) is 6.81. The molecule has 1 saturated heterocycles. The number of pyridine rings is 2. The van der Waals surface area contributed by atoms with Gasteiger partial charge in [-0.25, -0.2) is 9.37 Å². The Balaban J connectivity index is 0.00000200. The summed E-state index contributed by atoms with van der Waals surface area (Å²) < 4.78 is 63.9. The molecular formula is C25H28Cl2F4N6O. The van der Waals surface area contributed by atoms with Gasteiger partial charge in [0.2, 0.25) is 0 Å². The van der Waals surface area contributed by atoms with Crippen LogP contribution in [-0.2, 0) is 0 Å². The van der Waals surface area contributed by atoms with Crippen LogP contribution < -0.4 is 10.5 Å². The van der Waals surface area contributed by atoms with Gasteiger partial charge in [-0.15, -0.1) is 35.0 Å². The van der Waals surface area contributed by atoms with E-state index in [1.807, 2.05) is 6.92 Å². The number of nitrogens with zero attached hydrogens (tertiary/aromatic N) is 5. The molecule has 0 saturated carbocycles. The molecule has 206 valence electrons. The van der Waals surface area contributed by atoms with E-state index in [0.29, 0.717) is 41.7 Å². The van der Waals surface area contributed by atoms with E-state index in [4.69, 9.17) is 10.5 Å². The van der Waals surface area contributed by atoms with Gasteiger partial charge >= 0.3 is 6.18 Å². The van der Waals surface area contributed by atoms with E-state index >= 15 is 0 Å². The van der Waals surface area contributed by atoms with Crippen LogP contribution in [0.1, 0.15) is 38.3 Å². The molecule has 1 unspecified atom stereocenters. The Labute approximate surface area is 229 Å². The fourth-order valence-corrected chi connectivity index (χ4v) is 4.80. The van der Waals surface area contributed by atoms with Crippen LogP contribution in [0.3, 0.4) is 0 Å². The molecule has 2 atom stereocenters. The number of rotatable bonds is 6. The van der Waals surface area contributed by atoms with E-state index in [9.17, 15) is 17.6 Å². The molecule has 0 radical (unpaired) electrons. The minimum Gasteiger partial charge on any atom is -0.491 e. The Hall–Kier alpha value is -2.73. The van der Waals surface area contributed by atoms with Crippen molar-refractivity contribution < 1.29 is 22.3 Å². The maximum atomic E-state index is 14.3. The highest BCUT2D eigenvalue weighted by Crippen LogP contribution is 2.41. The minimum absolute atomic E-state index is 0. The third kappa shape index (κ3) is 5.51. The number of alkyl halides is 3. The maximum Gasteiger partial charge on any atom is 0.408 e. The highest BCUT2D eigenvalue weighted by atomic mass is 35.5. The number of hydrogen-bond acceptors (Lipinski definition) is 6. The zero-order valence-electron chi connectivity index (χ0n) is 20.7. The Morgan fingerprint density at radius 2 is 1.87 bits per heavy atom. The lowest BCUT2D eigenvalue weighted by molar-refractivity contribution is -0.184. The lowest BCUT2D eigenvalue weighted by Crippen LogP contribution is -2.44. The second-order valence-electron chi connectivity index (χ2n) is 9.20. The highest BCUT2D eigenvalue weighted by Gasteiger charge is 2.49. The summed E-state index contributed by atoms with van der Waals surface area (Å²) in [6.45, 7) is 4.35. The Morgan fingerprint density at radius 1 is 1.11 bits per heavy atom. The van der Waals surface area contributed by atoms with Gasteiger partial charge in [-0.3, -0.25) is 9.30 Å². The van der Waals surface area contributed by atoms with Crippen LogP contribution in [0.25, 0.3) is 28.1 Å². The number of nitrogens with two attached hydrogens (primary N) is 1. The molecule has 1 aliphatic heterocycles. The van der Waals surface area contributed by atoms with Crippen LogP contribution in [0, 0.1) is 5.82 Å². The first kappa shape index (κ1) is 29.8. The molecule has 0 amide bonds. The van der Waals surface area contributed by atoms with Gasteiger partial charge in [0.15, 0.2) is 23.0 Å². The molecule has 1 aliphatic rings. The number of fused-ring (bicyclic) bond motifs is 2. The largest absolute Gasteiger partial charge is 0.491 e. The van der Waals surface area contributed by atoms with Crippen molar-refractivity contribution in [3.63, 3.8) is 0 Å². The molecule has 13 heteroatoms. The van der Waals surface area contributed by atoms with E-state index in [2.05, 4.69) is 15.2 Å². The zero-order valence-corrected chi connectivity index (χ0v) is 22.3. The number of aromatic nitrogens is 4. The van der Waals surface area contributed by atoms with Crippen molar-refractivity contribution in [2.45, 2.75) is 44.4 Å². The van der Waals surface area contributed by atoms with Crippen LogP contribution in [0.4, 0.5) is 17.6 Å². The molecule has 1 aromatic carbocycles. The first-order chi connectivity index (χ1) is 17.1. The standard InChI is InChI=1S/C25H26F4N6O.2ClH/c1-3-24(30)9-10-34(14-24)22(25(27,28)29)16-6-8-21-32-33-23(35(21)13-16)18-7-5-15-11-17(26)20(36-4-2)12-19(15)31-18;;/h5-8,11-13,22H,3-4,9-10,14,30H2,1-2H3;2*1H/t22-,24?;;/m1../s1. The van der Waals surface area contributed by atoms with Gasteiger partial charge in [0, 0.05) is 36.3 Å². The van der Waals surface area contributed by atoms with Crippen LogP contribution in [-0.4, -0.2) is 55.9 Å². The van der Waals surface area contributed by atoms with Crippen molar-refractivity contribution in [1.29, 1.82) is 0 Å². The van der Waals surface area contributed by atoms with Gasteiger partial charge < -0.3 is 10.5 Å². The van der Waals surface area contributed by atoms with Crippen molar-refractivity contribution in [3.8, 4) is 17.3 Å². The van der Waals surface area contributed by atoms with Gasteiger partial charge in [-0.2, -0.15) is 13.2 Å². The second-order valence-corrected chi connectivity index (χ2v) is 9.20. The average molecular weight is 575 g/mol. The van der Waals surface area contributed by atoms with E-state index < -0.39 is 23.6 Å². The van der Waals surface area contributed by atoms with Crippen molar-refractivity contribution in [2.75, 3.05) is 19.7 Å². The second kappa shape index (κ2) is 11.2. The first-order valence-electron chi connectivity index (χ1n) is 11.8. The molecule has 38 heavy (non-hydrogen) atoms. The number of benzene rings is 1. The molecule has 2 N–H and O–H groups in total. The van der Waals surface area contributed by atoms with Crippen LogP contribution >= 0.6 is 24.8 Å². The normalized spacial score (nSPS) is 18.8. The summed E-state index contributed by atoms with van der Waals surface area (Å²) in [4.78, 5) is 5.96. The fraction of sp³-hybridized carbons (Fsp3) is 0.400. The van der Waals surface area contributed by atoms with Crippen LogP contribution in [0.5, 0.6) is 5.75 Å². The van der Waals surface area contributed by atoms with E-state index in [1.54, 1.807) is 19.1 Å². The van der Waals surface area contributed by atoms with E-state index in [1.165, 1.54) is 39.8 Å². The SMILES string of the molecule is CCOc1cc2nc(-c3nnc4ccc([C@@H](N5CCC(N)(CC)C5)C(F)(F)F)cn34)ccc2cc1F.Cl.Cl. The molecule has 5 rings (SSSR count). The first-order valence-corrected chi connectivity index (χ1v) is 11.8. The summed E-state index contributed by atoms with van der Waals surface area (Å²) in [6.07, 6.45) is -1.98. The predicted octanol–water partition coefficient (Wildman–Crippen LogP) is 5.74. The Morgan fingerprint density at radius 3 is 2.53 bits per heavy atom. The van der Waals surface area contributed by atoms with E-state index in [-0.39, 0.29) is 55.0 Å². The summed E-state index contributed by atoms with van der Waals surface area (Å²) in [7, 11) is 0. The molecule has 0 bridgehead atoms. The third-order valence-corrected chi connectivity index (χ3v) is 6.81. The molecule has 7 nitrogen and oxygen atoms in total. The summed E-state index contributed by atoms with van der Waals surface area (Å²) >= 11 is 0. The maximum absolute atomic E-state index is 14.3. The minimum atomic E-state index is -4.50. The van der Waals surface area contributed by atoms with Crippen molar-refractivity contribution >= 4 is 41.4 Å². The van der Waals surface area contributed by atoms with Gasteiger partial charge in [-0.05, 0) is 43.5 Å². The summed E-state index contributed by atoms with van der Waals surface area (Å²) in [5, 5.41) is 8.84. The van der Waals surface area contributed by atoms with Crippen molar-refractivity contribution in [3.05, 3.63) is 54.0 Å². The number of ether oxygens (including phenoxy) is 1. The highest BCUT2D eigenvalue weighted by molar-refractivity contribution is 5.85. The molecule has 0 aliphatic carbocycles. The smallest absolute Gasteiger partial charge is 0.408 e. The molecule has 4 heterocycles. The molecule has 0 spiro atoms. The van der Waals surface area contributed by atoms with Gasteiger partial charge in [0.05, 0.1) is 12.1 Å². The van der Waals surface area contributed by atoms with Crippen LogP contribution in [0.2, 0.25) is 0 Å². The van der Waals surface area contributed by atoms with Gasteiger partial charge in [0.1, 0.15) is 11.7 Å². The predicted molar refractivity (Wildman–Crippen MR) is 142 cm³/mol. The summed E-state index contributed by atoms with van der Waals surface area (Å²) in [6, 6.07) is 7.27. The molecule has 3 aromatic heterocycles. The Kier molecular flexibility index (Phi) is 8.77. The van der Waals surface area contributed by atoms with Crippen molar-refractivity contribution in [2.24, 2.45) is 5.73 Å². The Bertz CT molecular complexity index is 1430. The fourth-order valence-electron chi connectivity index (χ4n) is 4.80. The molecular weight excluding hydrogens is 547 g/mol.